The quantitative estimate of drug-likeness (QED) is 0.466. The van der Waals surface area contributed by atoms with E-state index in [4.69, 9.17) is 0 Å². The number of hydrogen-bond acceptors (Lipinski definition) is 0. The maximum Gasteiger partial charge on any atom is 0.00182 e. The molecule has 0 aromatic heterocycles. The summed E-state index contributed by atoms with van der Waals surface area (Å²) in [5, 5.41) is 0. The third kappa shape index (κ3) is 4.72. The van der Waals surface area contributed by atoms with E-state index in [0.717, 1.165) is 12.3 Å². The van der Waals surface area contributed by atoms with Crippen molar-refractivity contribution in [3.8, 4) is 11.1 Å². The average Bonchev–Trinajstić information content (AvgIpc) is 2.68. The largest absolute Gasteiger partial charge is 0.103 e. The first-order valence-corrected chi connectivity index (χ1v) is 9.78. The zero-order chi connectivity index (χ0) is 17.5. The molecule has 0 bridgehead atoms. The summed E-state index contributed by atoms with van der Waals surface area (Å²) >= 11 is 0. The molecule has 1 aliphatic rings. The van der Waals surface area contributed by atoms with Crippen LogP contribution in [0.15, 0.2) is 73.3 Å². The molecule has 0 aliphatic heterocycles. The van der Waals surface area contributed by atoms with Crippen LogP contribution in [0, 0.1) is 5.92 Å². The highest BCUT2D eigenvalue weighted by atomic mass is 14.2. The normalized spacial score (nSPS) is 19.7. The molecule has 0 nitrogen and oxygen atoms in total. The summed E-state index contributed by atoms with van der Waals surface area (Å²) in [4.78, 5) is 0. The molecule has 130 valence electrons. The number of rotatable bonds is 7. The van der Waals surface area contributed by atoms with Gasteiger partial charge in [-0.3, -0.25) is 0 Å². The lowest BCUT2D eigenvalue weighted by Crippen LogP contribution is -2.07. The van der Waals surface area contributed by atoms with Crippen LogP contribution < -0.4 is 0 Å². The van der Waals surface area contributed by atoms with E-state index in [2.05, 4.69) is 74.2 Å². The molecule has 2 aromatic rings. The highest BCUT2D eigenvalue weighted by molar-refractivity contribution is 5.64. The lowest BCUT2D eigenvalue weighted by Gasteiger charge is -2.23. The molecule has 0 heteroatoms. The maximum absolute atomic E-state index is 3.83. The molecular formula is C25H30. The van der Waals surface area contributed by atoms with Gasteiger partial charge in [-0.1, -0.05) is 80.1 Å². The smallest absolute Gasteiger partial charge is 0.00182 e. The van der Waals surface area contributed by atoms with Crippen LogP contribution in [0.3, 0.4) is 0 Å². The van der Waals surface area contributed by atoms with Crippen molar-refractivity contribution in [3.63, 3.8) is 0 Å². The van der Waals surface area contributed by atoms with Gasteiger partial charge in [-0.15, -0.1) is 6.58 Å². The number of allylic oxidation sites excluding steroid dienone is 3. The lowest BCUT2D eigenvalue weighted by molar-refractivity contribution is 0.485. The Morgan fingerprint density at radius 3 is 2.16 bits per heavy atom. The Balaban J connectivity index is 1.65. The van der Waals surface area contributed by atoms with Crippen molar-refractivity contribution >= 4 is 0 Å². The Morgan fingerprint density at radius 1 is 0.920 bits per heavy atom. The maximum atomic E-state index is 3.83. The lowest BCUT2D eigenvalue weighted by atomic mass is 9.82. The monoisotopic (exact) mass is 330 g/mol. The first-order chi connectivity index (χ1) is 12.3. The van der Waals surface area contributed by atoms with E-state index in [1.165, 1.54) is 54.4 Å². The van der Waals surface area contributed by atoms with Crippen molar-refractivity contribution in [2.75, 3.05) is 0 Å². The van der Waals surface area contributed by atoms with Gasteiger partial charge in [-0.2, -0.15) is 0 Å². The van der Waals surface area contributed by atoms with E-state index in [1.54, 1.807) is 0 Å². The molecule has 25 heavy (non-hydrogen) atoms. The highest BCUT2D eigenvalue weighted by Gasteiger charge is 2.16. The minimum Gasteiger partial charge on any atom is -0.103 e. The molecule has 3 rings (SSSR count). The second kappa shape index (κ2) is 8.85. The van der Waals surface area contributed by atoms with E-state index in [9.17, 15) is 0 Å². The fourth-order valence-electron chi connectivity index (χ4n) is 3.80. The Bertz CT molecular complexity index is 688. The van der Waals surface area contributed by atoms with Crippen molar-refractivity contribution in [3.05, 3.63) is 84.5 Å². The second-order valence-corrected chi connectivity index (χ2v) is 7.26. The predicted molar refractivity (Wildman–Crippen MR) is 110 cm³/mol. The van der Waals surface area contributed by atoms with E-state index >= 15 is 0 Å². The minimum absolute atomic E-state index is 0.584. The Labute approximate surface area is 153 Å². The molecule has 2 unspecified atom stereocenters. The van der Waals surface area contributed by atoms with Gasteiger partial charge in [0.25, 0.3) is 0 Å². The van der Waals surface area contributed by atoms with Crippen molar-refractivity contribution in [2.45, 2.75) is 51.4 Å². The molecule has 0 heterocycles. The predicted octanol–water partition coefficient (Wildman–Crippen LogP) is 7.32. The Hall–Kier alpha value is -2.08. The minimum atomic E-state index is 0.584. The number of benzene rings is 2. The van der Waals surface area contributed by atoms with Crippen molar-refractivity contribution in [1.82, 2.24) is 0 Å². The SMILES string of the molecule is C=CCCC1C=CC(c2ccc(-c3ccc(CCC)cc3)cc2)CC1. The summed E-state index contributed by atoms with van der Waals surface area (Å²) in [5.74, 6) is 1.33. The molecule has 0 radical (unpaired) electrons. The summed E-state index contributed by atoms with van der Waals surface area (Å²) in [6.45, 7) is 6.06. The molecular weight excluding hydrogens is 300 g/mol. The van der Waals surface area contributed by atoms with Crippen LogP contribution in [0.5, 0.6) is 0 Å². The molecule has 0 fully saturated rings. The van der Waals surface area contributed by atoms with Crippen LogP contribution in [0.25, 0.3) is 11.1 Å². The van der Waals surface area contributed by atoms with Crippen LogP contribution in [0.2, 0.25) is 0 Å². The summed E-state index contributed by atoms with van der Waals surface area (Å²) in [5.41, 5.74) is 5.51. The first kappa shape index (κ1) is 17.7. The van der Waals surface area contributed by atoms with Crippen molar-refractivity contribution in [1.29, 1.82) is 0 Å². The molecule has 0 amide bonds. The first-order valence-electron chi connectivity index (χ1n) is 9.78. The van der Waals surface area contributed by atoms with Gasteiger partial charge in [0.2, 0.25) is 0 Å². The molecule has 0 N–H and O–H groups in total. The molecule has 0 saturated heterocycles. The zero-order valence-electron chi connectivity index (χ0n) is 15.5. The Kier molecular flexibility index (Phi) is 6.28. The average molecular weight is 331 g/mol. The number of aryl methyl sites for hydroxylation is 1. The van der Waals surface area contributed by atoms with Crippen LogP contribution in [0.4, 0.5) is 0 Å². The van der Waals surface area contributed by atoms with Gasteiger partial charge in [0.05, 0.1) is 0 Å². The fraction of sp³-hybridized carbons (Fsp3) is 0.360. The highest BCUT2D eigenvalue weighted by Crippen LogP contribution is 2.33. The molecule has 1 aliphatic carbocycles. The van der Waals surface area contributed by atoms with Gasteiger partial charge in [0.1, 0.15) is 0 Å². The molecule has 2 atom stereocenters. The van der Waals surface area contributed by atoms with E-state index in [1.807, 2.05) is 6.08 Å². The zero-order valence-corrected chi connectivity index (χ0v) is 15.5. The van der Waals surface area contributed by atoms with E-state index in [-0.39, 0.29) is 0 Å². The summed E-state index contributed by atoms with van der Waals surface area (Å²) in [6.07, 6.45) is 14.2. The van der Waals surface area contributed by atoms with Gasteiger partial charge in [0, 0.05) is 5.92 Å². The van der Waals surface area contributed by atoms with Crippen LogP contribution in [-0.2, 0) is 6.42 Å². The second-order valence-electron chi connectivity index (χ2n) is 7.26. The third-order valence-electron chi connectivity index (χ3n) is 5.37. The molecule has 2 aromatic carbocycles. The van der Waals surface area contributed by atoms with Gasteiger partial charge < -0.3 is 0 Å². The standard InChI is InChI=1S/C25H30/c1-3-5-7-21-10-14-23(15-11-21)25-18-16-24(17-19-25)22-12-8-20(6-4-2)9-13-22/h3,8-10,12-14,16-19,21,23H,1,4-7,11,15H2,2H3. The van der Waals surface area contributed by atoms with Gasteiger partial charge in [0.15, 0.2) is 0 Å². The molecule has 0 spiro atoms. The summed E-state index contributed by atoms with van der Waals surface area (Å²) in [6, 6.07) is 18.2. The van der Waals surface area contributed by atoms with Gasteiger partial charge in [-0.05, 0) is 60.3 Å². The van der Waals surface area contributed by atoms with Crippen molar-refractivity contribution in [2.24, 2.45) is 5.92 Å². The Morgan fingerprint density at radius 2 is 1.60 bits per heavy atom. The van der Waals surface area contributed by atoms with Crippen LogP contribution in [0.1, 0.15) is 56.1 Å². The summed E-state index contributed by atoms with van der Waals surface area (Å²) in [7, 11) is 0. The third-order valence-corrected chi connectivity index (χ3v) is 5.37. The van der Waals surface area contributed by atoms with Gasteiger partial charge in [-0.25, -0.2) is 0 Å². The van der Waals surface area contributed by atoms with Crippen molar-refractivity contribution < 1.29 is 0 Å². The van der Waals surface area contributed by atoms with Crippen LogP contribution >= 0.6 is 0 Å². The molecule has 0 saturated carbocycles. The summed E-state index contributed by atoms with van der Waals surface area (Å²) < 4.78 is 0. The number of hydrogen-bond donors (Lipinski definition) is 0. The van der Waals surface area contributed by atoms with E-state index < -0.39 is 0 Å². The fourth-order valence-corrected chi connectivity index (χ4v) is 3.80. The van der Waals surface area contributed by atoms with Gasteiger partial charge >= 0.3 is 0 Å². The van der Waals surface area contributed by atoms with E-state index in [0.29, 0.717) is 5.92 Å². The van der Waals surface area contributed by atoms with Crippen LogP contribution in [-0.4, -0.2) is 0 Å². The topological polar surface area (TPSA) is 0 Å².